The highest BCUT2D eigenvalue weighted by Gasteiger charge is 2.27. The van der Waals surface area contributed by atoms with Gasteiger partial charge in [-0.3, -0.25) is 4.79 Å². The van der Waals surface area contributed by atoms with E-state index in [1.807, 2.05) is 0 Å². The zero-order chi connectivity index (χ0) is 18.7. The molecule has 1 rings (SSSR count). The van der Waals surface area contributed by atoms with E-state index in [1.165, 1.54) is 51.4 Å². The van der Waals surface area contributed by atoms with E-state index in [1.54, 1.807) is 7.05 Å². The molecule has 1 N–H and O–H groups in total. The molecule has 2 atom stereocenters. The highest BCUT2D eigenvalue weighted by molar-refractivity contribution is 5.89. The summed E-state index contributed by atoms with van der Waals surface area (Å²) in [7, 11) is 1.73. The zero-order valence-electron chi connectivity index (χ0n) is 17.2. The number of unbranched alkanes of at least 4 members (excludes halogenated alkanes) is 2. The quantitative estimate of drug-likeness (QED) is 0.520. The molecule has 0 bridgehead atoms. The van der Waals surface area contributed by atoms with E-state index in [0.29, 0.717) is 11.8 Å². The van der Waals surface area contributed by atoms with Crippen molar-refractivity contribution in [1.82, 2.24) is 9.88 Å². The van der Waals surface area contributed by atoms with E-state index in [2.05, 4.69) is 54.5 Å². The fourth-order valence-electron chi connectivity index (χ4n) is 3.53. The maximum absolute atomic E-state index is 12.5. The molecule has 0 aliphatic carbocycles. The average Bonchev–Trinajstić information content (AvgIpc) is 3.03. The van der Waals surface area contributed by atoms with Crippen molar-refractivity contribution in [3.8, 4) is 0 Å². The second-order valence-electron chi connectivity index (χ2n) is 7.34. The predicted molar refractivity (Wildman–Crippen MR) is 105 cm³/mol. The second kappa shape index (κ2) is 12.1. The predicted octanol–water partition coefficient (Wildman–Crippen LogP) is 4.57. The molecule has 0 saturated carbocycles. The Labute approximate surface area is 155 Å². The fraction of sp³-hybridized carbons (Fsp3) is 0.810. The van der Waals surface area contributed by atoms with E-state index in [-0.39, 0.29) is 5.91 Å². The van der Waals surface area contributed by atoms with Crippen LogP contribution in [0.25, 0.3) is 0 Å². The molecule has 1 aromatic rings. The summed E-state index contributed by atoms with van der Waals surface area (Å²) in [5, 5.41) is 2.84. The van der Waals surface area contributed by atoms with Gasteiger partial charge in [-0.1, -0.05) is 53.4 Å². The number of rotatable bonds is 13. The van der Waals surface area contributed by atoms with E-state index in [9.17, 15) is 4.79 Å². The number of carbonyl (C=O) groups is 1. The van der Waals surface area contributed by atoms with Crippen molar-refractivity contribution in [2.45, 2.75) is 92.2 Å². The Morgan fingerprint density at radius 2 is 1.68 bits per heavy atom. The molecule has 0 aromatic carbocycles. The van der Waals surface area contributed by atoms with Crippen LogP contribution in [0.2, 0.25) is 0 Å². The minimum Gasteiger partial charge on any atom is -0.349 e. The fourth-order valence-corrected chi connectivity index (χ4v) is 3.53. The van der Waals surface area contributed by atoms with Gasteiger partial charge in [0.25, 0.3) is 0 Å². The van der Waals surface area contributed by atoms with Crippen molar-refractivity contribution in [3.63, 3.8) is 0 Å². The molecule has 4 heteroatoms. The van der Waals surface area contributed by atoms with Crippen LogP contribution in [0.1, 0.15) is 89.7 Å². The summed E-state index contributed by atoms with van der Waals surface area (Å²) in [4.78, 5) is 12.5. The summed E-state index contributed by atoms with van der Waals surface area (Å²) in [5.74, 6) is 2.13. The molecule has 0 spiro atoms. The minimum atomic E-state index is 0.0284. The molecule has 0 radical (unpaired) electrons. The molecule has 0 aliphatic heterocycles. The van der Waals surface area contributed by atoms with Crippen LogP contribution >= 0.6 is 0 Å². The first-order valence-electron chi connectivity index (χ1n) is 10.4. The summed E-state index contributed by atoms with van der Waals surface area (Å²) in [5.41, 5.74) is 0. The number of carbonyl (C=O) groups excluding carboxylic acids is 1. The molecule has 1 aromatic heterocycles. The Balaban J connectivity index is 2.95. The summed E-state index contributed by atoms with van der Waals surface area (Å²) in [6.07, 6.45) is 14.0. The van der Waals surface area contributed by atoms with Gasteiger partial charge >= 0.3 is 11.7 Å². The highest BCUT2D eigenvalue weighted by Crippen LogP contribution is 2.17. The van der Waals surface area contributed by atoms with E-state index >= 15 is 0 Å². The van der Waals surface area contributed by atoms with Crippen molar-refractivity contribution in [2.24, 2.45) is 11.8 Å². The maximum atomic E-state index is 12.5. The molecular weight excluding hydrogens is 310 g/mol. The lowest BCUT2D eigenvalue weighted by molar-refractivity contribution is -0.704. The normalized spacial score (nSPS) is 13.6. The van der Waals surface area contributed by atoms with Gasteiger partial charge in [0.2, 0.25) is 0 Å². The first-order chi connectivity index (χ1) is 12.1. The monoisotopic (exact) mass is 350 g/mol. The Hall–Kier alpha value is -1.32. The third-order valence-electron chi connectivity index (χ3n) is 5.40. The summed E-state index contributed by atoms with van der Waals surface area (Å²) in [6.45, 7) is 10.9. The highest BCUT2D eigenvalue weighted by atomic mass is 16.2. The van der Waals surface area contributed by atoms with Gasteiger partial charge in [0, 0.05) is 7.05 Å². The van der Waals surface area contributed by atoms with Crippen LogP contribution in [0.15, 0.2) is 12.4 Å². The zero-order valence-corrected chi connectivity index (χ0v) is 17.2. The number of aromatic nitrogens is 2. The molecular formula is C21H40N3O+. The molecule has 0 fully saturated rings. The molecule has 0 aliphatic rings. The number of amides is 1. The Morgan fingerprint density at radius 3 is 2.20 bits per heavy atom. The van der Waals surface area contributed by atoms with Crippen molar-refractivity contribution < 1.29 is 9.36 Å². The van der Waals surface area contributed by atoms with Crippen LogP contribution in [0.4, 0.5) is 0 Å². The van der Waals surface area contributed by atoms with Gasteiger partial charge in [0.1, 0.15) is 12.4 Å². The van der Waals surface area contributed by atoms with E-state index in [4.69, 9.17) is 0 Å². The minimum absolute atomic E-state index is 0.0284. The van der Waals surface area contributed by atoms with Crippen molar-refractivity contribution in [3.05, 3.63) is 18.2 Å². The first-order valence-corrected chi connectivity index (χ1v) is 10.4. The molecule has 1 heterocycles. The largest absolute Gasteiger partial charge is 0.349 e. The molecule has 0 saturated heterocycles. The van der Waals surface area contributed by atoms with Crippen molar-refractivity contribution >= 4 is 5.91 Å². The van der Waals surface area contributed by atoms with Crippen LogP contribution < -0.4 is 9.88 Å². The van der Waals surface area contributed by atoms with Gasteiger partial charge in [-0.05, 0) is 37.5 Å². The average molecular weight is 351 g/mol. The van der Waals surface area contributed by atoms with Crippen molar-refractivity contribution in [2.75, 3.05) is 7.05 Å². The topological polar surface area (TPSA) is 37.9 Å². The number of imidazole rings is 1. The summed E-state index contributed by atoms with van der Waals surface area (Å²) < 4.78 is 4.35. The lowest BCUT2D eigenvalue weighted by Crippen LogP contribution is -2.45. The van der Waals surface area contributed by atoms with E-state index < -0.39 is 0 Å². The molecule has 1 amide bonds. The SMILES string of the molecule is CCCCC(CC)Cn1cc[n+](CC(CC)CCCC)c1C(=O)NC. The van der Waals surface area contributed by atoms with Crippen LogP contribution in [-0.4, -0.2) is 17.5 Å². The molecule has 4 nitrogen and oxygen atoms in total. The number of hydrogen-bond acceptors (Lipinski definition) is 1. The van der Waals surface area contributed by atoms with Gasteiger partial charge in [0.15, 0.2) is 0 Å². The smallest absolute Gasteiger partial charge is 0.347 e. The second-order valence-corrected chi connectivity index (χ2v) is 7.34. The van der Waals surface area contributed by atoms with E-state index in [0.717, 1.165) is 18.9 Å². The standard InChI is InChI=1S/C21H39N3O/c1-6-10-12-18(8-3)16-23-14-15-24(21(23)20(25)22-5)17-19(9-4)13-11-7-2/h14-15,18-19H,6-13,16-17H2,1-5H3/p+1. The third kappa shape index (κ3) is 6.83. The third-order valence-corrected chi connectivity index (χ3v) is 5.40. The van der Waals surface area contributed by atoms with Gasteiger partial charge < -0.3 is 5.32 Å². The lowest BCUT2D eigenvalue weighted by Gasteiger charge is -2.15. The van der Waals surface area contributed by atoms with Crippen LogP contribution in [0, 0.1) is 11.8 Å². The molecule has 25 heavy (non-hydrogen) atoms. The number of nitrogens with one attached hydrogen (secondary N) is 1. The molecule has 144 valence electrons. The summed E-state index contributed by atoms with van der Waals surface area (Å²) in [6, 6.07) is 0. The Bertz CT molecular complexity index is 460. The van der Waals surface area contributed by atoms with Crippen LogP contribution in [0.3, 0.4) is 0 Å². The number of nitrogens with zero attached hydrogens (tertiary/aromatic N) is 2. The van der Waals surface area contributed by atoms with Crippen LogP contribution in [0.5, 0.6) is 0 Å². The van der Waals surface area contributed by atoms with Gasteiger partial charge in [-0.25, -0.2) is 9.13 Å². The Morgan fingerprint density at radius 1 is 1.08 bits per heavy atom. The van der Waals surface area contributed by atoms with Gasteiger partial charge in [-0.15, -0.1) is 0 Å². The summed E-state index contributed by atoms with van der Waals surface area (Å²) >= 11 is 0. The van der Waals surface area contributed by atoms with Gasteiger partial charge in [0.05, 0.1) is 13.1 Å². The van der Waals surface area contributed by atoms with Crippen molar-refractivity contribution in [1.29, 1.82) is 0 Å². The lowest BCUT2D eigenvalue weighted by atomic mass is 9.99. The Kier molecular flexibility index (Phi) is 10.5. The maximum Gasteiger partial charge on any atom is 0.347 e. The first kappa shape index (κ1) is 21.7. The molecule has 2 unspecified atom stereocenters. The number of hydrogen-bond donors (Lipinski definition) is 1. The van der Waals surface area contributed by atoms with Gasteiger partial charge in [-0.2, -0.15) is 0 Å². The van der Waals surface area contributed by atoms with Crippen LogP contribution in [-0.2, 0) is 13.1 Å².